The summed E-state index contributed by atoms with van der Waals surface area (Å²) in [6, 6.07) is 0. The minimum Gasteiger partial charge on any atom is -0.146 e. The van der Waals surface area contributed by atoms with Crippen molar-refractivity contribution in [2.75, 3.05) is 5.08 Å². The Labute approximate surface area is 77.5 Å². The second kappa shape index (κ2) is 4.94. The molecule has 0 bridgehead atoms. The van der Waals surface area contributed by atoms with Crippen molar-refractivity contribution in [3.8, 4) is 0 Å². The van der Waals surface area contributed by atoms with E-state index in [1.54, 1.807) is 0 Å². The van der Waals surface area contributed by atoms with E-state index in [0.29, 0.717) is 0 Å². The van der Waals surface area contributed by atoms with Gasteiger partial charge in [-0.15, -0.1) is 36.7 Å². The minimum absolute atomic E-state index is 0.787. The average molecular weight is 186 g/mol. The molecule has 0 saturated carbocycles. The van der Waals surface area contributed by atoms with E-state index in [0.717, 1.165) is 23.3 Å². The van der Waals surface area contributed by atoms with Crippen LogP contribution in [0.4, 0.5) is 0 Å². The maximum atomic E-state index is 3.77. The van der Waals surface area contributed by atoms with Crippen molar-refractivity contribution in [2.45, 2.75) is 23.3 Å². The molecular weight excluding hydrogens is 172 g/mol. The maximum absolute atomic E-state index is 3.77. The van der Waals surface area contributed by atoms with E-state index in [9.17, 15) is 0 Å². The fourth-order valence-electron chi connectivity index (χ4n) is 1.20. The lowest BCUT2D eigenvalue weighted by atomic mass is 10.2. The van der Waals surface area contributed by atoms with Crippen LogP contribution in [0.1, 0.15) is 12.8 Å². The summed E-state index contributed by atoms with van der Waals surface area (Å²) < 4.78 is 0. The minimum atomic E-state index is 0.787. The third kappa shape index (κ3) is 2.60. The Bertz CT molecular complexity index is 126. The molecule has 1 aliphatic rings. The highest BCUT2D eigenvalue weighted by molar-refractivity contribution is 8.19. The van der Waals surface area contributed by atoms with Crippen LogP contribution in [-0.4, -0.2) is 15.6 Å². The monoisotopic (exact) mass is 186 g/mol. The van der Waals surface area contributed by atoms with Crippen LogP contribution >= 0.6 is 23.5 Å². The lowest BCUT2D eigenvalue weighted by Crippen LogP contribution is -2.12. The van der Waals surface area contributed by atoms with Crippen LogP contribution in [0.15, 0.2) is 25.3 Å². The third-order valence-electron chi connectivity index (χ3n) is 1.78. The zero-order valence-electron chi connectivity index (χ0n) is 6.66. The van der Waals surface area contributed by atoms with Gasteiger partial charge in [-0.2, -0.15) is 0 Å². The molecule has 1 fully saturated rings. The van der Waals surface area contributed by atoms with Crippen molar-refractivity contribution in [3.05, 3.63) is 25.3 Å². The molecule has 1 rings (SSSR count). The Balaban J connectivity index is 2.36. The molecule has 2 heteroatoms. The van der Waals surface area contributed by atoms with Gasteiger partial charge in [-0.25, -0.2) is 0 Å². The predicted octanol–water partition coefficient (Wildman–Crippen LogP) is 3.31. The summed E-state index contributed by atoms with van der Waals surface area (Å²) in [5.74, 6) is 0. The first-order chi connectivity index (χ1) is 5.38. The molecule has 0 spiro atoms. The summed E-state index contributed by atoms with van der Waals surface area (Å²) in [6.07, 6.45) is 6.35. The van der Waals surface area contributed by atoms with E-state index < -0.39 is 0 Å². The zero-order chi connectivity index (χ0) is 8.10. The van der Waals surface area contributed by atoms with Crippen LogP contribution in [0.2, 0.25) is 0 Å². The van der Waals surface area contributed by atoms with Gasteiger partial charge in [0.25, 0.3) is 0 Å². The summed E-state index contributed by atoms with van der Waals surface area (Å²) >= 11 is 4.12. The SMILES string of the molecule is C=CCC1SCSC1CC=C. The highest BCUT2D eigenvalue weighted by atomic mass is 32.2. The van der Waals surface area contributed by atoms with E-state index in [1.165, 1.54) is 5.08 Å². The molecular formula is C9H14S2. The molecule has 62 valence electrons. The largest absolute Gasteiger partial charge is 0.146 e. The first kappa shape index (κ1) is 9.27. The van der Waals surface area contributed by atoms with Gasteiger partial charge in [0.1, 0.15) is 0 Å². The van der Waals surface area contributed by atoms with Gasteiger partial charge in [0, 0.05) is 15.6 Å². The van der Waals surface area contributed by atoms with Crippen molar-refractivity contribution >= 4 is 23.5 Å². The smallest absolute Gasteiger partial charge is 0.0398 e. The lowest BCUT2D eigenvalue weighted by molar-refractivity contribution is 0.812. The Morgan fingerprint density at radius 1 is 1.09 bits per heavy atom. The molecule has 0 nitrogen and oxygen atoms in total. The molecule has 1 saturated heterocycles. The van der Waals surface area contributed by atoms with Crippen LogP contribution in [-0.2, 0) is 0 Å². The topological polar surface area (TPSA) is 0 Å². The van der Waals surface area contributed by atoms with Crippen molar-refractivity contribution < 1.29 is 0 Å². The first-order valence-electron chi connectivity index (χ1n) is 3.83. The highest BCUT2D eigenvalue weighted by Gasteiger charge is 2.25. The van der Waals surface area contributed by atoms with E-state index in [1.807, 2.05) is 12.2 Å². The third-order valence-corrected chi connectivity index (χ3v) is 4.94. The number of allylic oxidation sites excluding steroid dienone is 2. The molecule has 2 atom stereocenters. The van der Waals surface area contributed by atoms with Crippen LogP contribution in [0.25, 0.3) is 0 Å². The summed E-state index contributed by atoms with van der Waals surface area (Å²) in [6.45, 7) is 7.54. The van der Waals surface area contributed by atoms with Crippen molar-refractivity contribution in [1.82, 2.24) is 0 Å². The van der Waals surface area contributed by atoms with Crippen LogP contribution in [0.5, 0.6) is 0 Å². The summed E-state index contributed by atoms with van der Waals surface area (Å²) in [5.41, 5.74) is 0. The van der Waals surface area contributed by atoms with E-state index >= 15 is 0 Å². The van der Waals surface area contributed by atoms with Gasteiger partial charge in [0.15, 0.2) is 0 Å². The van der Waals surface area contributed by atoms with Gasteiger partial charge in [-0.05, 0) is 12.8 Å². The summed E-state index contributed by atoms with van der Waals surface area (Å²) in [5, 5.41) is 2.82. The standard InChI is InChI=1S/C9H14S2/c1-3-5-8-9(6-4-2)11-7-10-8/h3-4,8-9H,1-2,5-7H2. The average Bonchev–Trinajstić information content (AvgIpc) is 2.39. The van der Waals surface area contributed by atoms with Crippen LogP contribution in [0, 0.1) is 0 Å². The normalized spacial score (nSPS) is 30.2. The van der Waals surface area contributed by atoms with Gasteiger partial charge < -0.3 is 0 Å². The van der Waals surface area contributed by atoms with Gasteiger partial charge >= 0.3 is 0 Å². The molecule has 0 aromatic carbocycles. The second-order valence-electron chi connectivity index (χ2n) is 2.58. The van der Waals surface area contributed by atoms with Gasteiger partial charge in [0.2, 0.25) is 0 Å². The Morgan fingerprint density at radius 2 is 1.55 bits per heavy atom. The molecule has 2 unspecified atom stereocenters. The van der Waals surface area contributed by atoms with Gasteiger partial charge in [-0.1, -0.05) is 12.2 Å². The molecule has 1 aliphatic heterocycles. The Morgan fingerprint density at radius 3 is 1.91 bits per heavy atom. The molecule has 0 radical (unpaired) electrons. The molecule has 0 amide bonds. The molecule has 11 heavy (non-hydrogen) atoms. The predicted molar refractivity (Wildman–Crippen MR) is 57.3 cm³/mol. The first-order valence-corrected chi connectivity index (χ1v) is 5.93. The van der Waals surface area contributed by atoms with E-state index in [2.05, 4.69) is 36.7 Å². The molecule has 1 heterocycles. The van der Waals surface area contributed by atoms with Crippen molar-refractivity contribution in [3.63, 3.8) is 0 Å². The maximum Gasteiger partial charge on any atom is 0.0398 e. The molecule has 0 aromatic rings. The van der Waals surface area contributed by atoms with Crippen molar-refractivity contribution in [2.24, 2.45) is 0 Å². The summed E-state index contributed by atoms with van der Waals surface area (Å²) in [4.78, 5) is 0. The highest BCUT2D eigenvalue weighted by Crippen LogP contribution is 2.40. The summed E-state index contributed by atoms with van der Waals surface area (Å²) in [7, 11) is 0. The zero-order valence-corrected chi connectivity index (χ0v) is 8.29. The molecule has 0 N–H and O–H groups in total. The lowest BCUT2D eigenvalue weighted by Gasteiger charge is -2.13. The molecule has 0 aliphatic carbocycles. The van der Waals surface area contributed by atoms with Crippen LogP contribution < -0.4 is 0 Å². The Hall–Kier alpha value is 0.180. The number of rotatable bonds is 4. The second-order valence-corrected chi connectivity index (χ2v) is 5.40. The van der Waals surface area contributed by atoms with E-state index in [-0.39, 0.29) is 0 Å². The van der Waals surface area contributed by atoms with Crippen molar-refractivity contribution in [1.29, 1.82) is 0 Å². The van der Waals surface area contributed by atoms with Gasteiger partial charge in [0.05, 0.1) is 0 Å². The number of thioether (sulfide) groups is 2. The number of hydrogen-bond donors (Lipinski definition) is 0. The van der Waals surface area contributed by atoms with E-state index in [4.69, 9.17) is 0 Å². The fourth-order valence-corrected chi connectivity index (χ4v) is 4.58. The van der Waals surface area contributed by atoms with Gasteiger partial charge in [-0.3, -0.25) is 0 Å². The quantitative estimate of drug-likeness (QED) is 0.618. The fraction of sp³-hybridized carbons (Fsp3) is 0.556. The number of hydrogen-bond acceptors (Lipinski definition) is 2. The Kier molecular flexibility index (Phi) is 4.16. The molecule has 0 aromatic heterocycles. The van der Waals surface area contributed by atoms with Crippen LogP contribution in [0.3, 0.4) is 0 Å².